The SMILES string of the molecule is CN1C=C(C2=NOCCO2)C(Cl)(S(=O)O)N1. The lowest BCUT2D eigenvalue weighted by molar-refractivity contribution is 0.0649. The zero-order chi connectivity index (χ0) is 11.8. The highest BCUT2D eigenvalue weighted by atomic mass is 35.5. The fraction of sp³-hybridized carbons (Fsp3) is 0.571. The molecule has 2 N–H and O–H groups in total. The lowest BCUT2D eigenvalue weighted by Gasteiger charge is -2.23. The van der Waals surface area contributed by atoms with Crippen molar-refractivity contribution in [2.24, 2.45) is 5.16 Å². The average molecular weight is 268 g/mol. The highest BCUT2D eigenvalue weighted by molar-refractivity contribution is 7.82. The first-order valence-corrected chi connectivity index (χ1v) is 5.88. The van der Waals surface area contributed by atoms with Gasteiger partial charge in [0, 0.05) is 13.2 Å². The first kappa shape index (κ1) is 11.6. The van der Waals surface area contributed by atoms with Crippen molar-refractivity contribution >= 4 is 28.6 Å². The van der Waals surface area contributed by atoms with Crippen LogP contribution in [0.2, 0.25) is 0 Å². The molecule has 0 amide bonds. The van der Waals surface area contributed by atoms with Gasteiger partial charge in [0.05, 0.1) is 5.57 Å². The van der Waals surface area contributed by atoms with Crippen LogP contribution in [0, 0.1) is 0 Å². The van der Waals surface area contributed by atoms with Gasteiger partial charge in [0.1, 0.15) is 6.61 Å². The van der Waals surface area contributed by atoms with Crippen LogP contribution in [0.25, 0.3) is 0 Å². The maximum Gasteiger partial charge on any atom is 0.259 e. The predicted octanol–water partition coefficient (Wildman–Crippen LogP) is -0.205. The van der Waals surface area contributed by atoms with Crippen LogP contribution in [0.15, 0.2) is 16.9 Å². The third kappa shape index (κ3) is 1.88. The minimum absolute atomic E-state index is 0.112. The van der Waals surface area contributed by atoms with Crippen LogP contribution in [-0.4, -0.2) is 44.3 Å². The molecule has 7 nitrogen and oxygen atoms in total. The molecular weight excluding hydrogens is 258 g/mol. The van der Waals surface area contributed by atoms with E-state index in [1.165, 1.54) is 11.2 Å². The fourth-order valence-electron chi connectivity index (χ4n) is 1.36. The van der Waals surface area contributed by atoms with Gasteiger partial charge < -0.3 is 19.1 Å². The number of oxime groups is 1. The molecule has 2 heterocycles. The Balaban J connectivity index is 2.33. The summed E-state index contributed by atoms with van der Waals surface area (Å²) in [5.74, 6) is 0.112. The summed E-state index contributed by atoms with van der Waals surface area (Å²) in [6.45, 7) is 0.669. The Bertz CT molecular complexity index is 388. The Morgan fingerprint density at radius 3 is 3.06 bits per heavy atom. The van der Waals surface area contributed by atoms with E-state index in [2.05, 4.69) is 10.6 Å². The van der Waals surface area contributed by atoms with Crippen molar-refractivity contribution in [2.45, 2.75) is 4.33 Å². The number of nitrogens with one attached hydrogen (secondary N) is 1. The predicted molar refractivity (Wildman–Crippen MR) is 57.7 cm³/mol. The second-order valence-corrected chi connectivity index (χ2v) is 5.09. The van der Waals surface area contributed by atoms with Gasteiger partial charge in [0.2, 0.25) is 4.33 Å². The van der Waals surface area contributed by atoms with Crippen LogP contribution in [0.5, 0.6) is 0 Å². The van der Waals surface area contributed by atoms with Gasteiger partial charge in [-0.25, -0.2) is 4.21 Å². The van der Waals surface area contributed by atoms with E-state index in [1.54, 1.807) is 7.05 Å². The molecule has 0 saturated carbocycles. The van der Waals surface area contributed by atoms with Crippen LogP contribution in [0.3, 0.4) is 0 Å². The molecule has 9 heteroatoms. The zero-order valence-corrected chi connectivity index (χ0v) is 9.92. The van der Waals surface area contributed by atoms with Crippen LogP contribution < -0.4 is 5.43 Å². The highest BCUT2D eigenvalue weighted by Gasteiger charge is 2.47. The number of ether oxygens (including phenoxy) is 1. The van der Waals surface area contributed by atoms with Gasteiger partial charge in [-0.3, -0.25) is 0 Å². The van der Waals surface area contributed by atoms with Gasteiger partial charge in [0.25, 0.3) is 5.90 Å². The Morgan fingerprint density at radius 2 is 2.50 bits per heavy atom. The number of hydrogen-bond acceptors (Lipinski definition) is 6. The first-order valence-electron chi connectivity index (χ1n) is 4.40. The summed E-state index contributed by atoms with van der Waals surface area (Å²) in [4.78, 5) is 4.84. The monoisotopic (exact) mass is 267 g/mol. The second kappa shape index (κ2) is 4.21. The quantitative estimate of drug-likeness (QED) is 0.409. The summed E-state index contributed by atoms with van der Waals surface area (Å²) in [7, 11) is 1.64. The van der Waals surface area contributed by atoms with Crippen LogP contribution in [-0.2, 0) is 20.7 Å². The van der Waals surface area contributed by atoms with E-state index in [0.717, 1.165) is 0 Å². The molecular formula is C7H10ClN3O4S. The Hall–Kier alpha value is -0.830. The van der Waals surface area contributed by atoms with E-state index >= 15 is 0 Å². The maximum absolute atomic E-state index is 11.2. The Morgan fingerprint density at radius 1 is 1.75 bits per heavy atom. The molecule has 2 atom stereocenters. The molecule has 0 aromatic rings. The van der Waals surface area contributed by atoms with E-state index in [4.69, 9.17) is 21.2 Å². The standard InChI is InChI=1S/C7H10ClN3O4S/c1-11-4-5(6-9-15-3-2-14-6)7(8,10-11)16(12)13/h4,10H,2-3H2,1H3,(H,12,13). The third-order valence-electron chi connectivity index (χ3n) is 2.02. The number of hydrogen-bond donors (Lipinski definition) is 2. The first-order chi connectivity index (χ1) is 7.54. The van der Waals surface area contributed by atoms with Crippen molar-refractivity contribution in [3.63, 3.8) is 0 Å². The smallest absolute Gasteiger partial charge is 0.259 e. The summed E-state index contributed by atoms with van der Waals surface area (Å²) in [6, 6.07) is 0. The summed E-state index contributed by atoms with van der Waals surface area (Å²) in [5, 5.41) is 5.11. The minimum atomic E-state index is -2.33. The molecule has 2 unspecified atom stereocenters. The van der Waals surface area contributed by atoms with Gasteiger partial charge in [-0.15, -0.1) is 0 Å². The molecule has 2 aliphatic rings. The molecule has 0 aliphatic carbocycles. The maximum atomic E-state index is 11.2. The zero-order valence-electron chi connectivity index (χ0n) is 8.34. The normalized spacial score (nSPS) is 31.3. The van der Waals surface area contributed by atoms with Crippen molar-refractivity contribution in [3.05, 3.63) is 11.8 Å². The van der Waals surface area contributed by atoms with Crippen molar-refractivity contribution in [2.75, 3.05) is 20.3 Å². The molecule has 0 aromatic carbocycles. The minimum Gasteiger partial charge on any atom is -0.472 e. The van der Waals surface area contributed by atoms with E-state index in [-0.39, 0.29) is 11.5 Å². The van der Waals surface area contributed by atoms with Gasteiger partial charge in [-0.1, -0.05) is 11.6 Å². The van der Waals surface area contributed by atoms with Crippen molar-refractivity contribution < 1.29 is 18.3 Å². The van der Waals surface area contributed by atoms with Crippen molar-refractivity contribution in [1.29, 1.82) is 0 Å². The lowest BCUT2D eigenvalue weighted by Crippen LogP contribution is -2.47. The highest BCUT2D eigenvalue weighted by Crippen LogP contribution is 2.32. The summed E-state index contributed by atoms with van der Waals surface area (Å²) in [5.41, 5.74) is 2.88. The summed E-state index contributed by atoms with van der Waals surface area (Å²) >= 11 is 3.68. The lowest BCUT2D eigenvalue weighted by atomic mass is 10.3. The third-order valence-corrected chi connectivity index (χ3v) is 3.50. The molecule has 2 rings (SSSR count). The molecule has 0 spiro atoms. The molecule has 0 fully saturated rings. The van der Waals surface area contributed by atoms with E-state index in [1.807, 2.05) is 0 Å². The summed E-state index contributed by atoms with van der Waals surface area (Å²) < 4.78 is 24.0. The van der Waals surface area contributed by atoms with E-state index < -0.39 is 15.4 Å². The van der Waals surface area contributed by atoms with Gasteiger partial charge in [-0.05, 0) is 5.16 Å². The number of hydrazine groups is 1. The van der Waals surface area contributed by atoms with Crippen LogP contribution >= 0.6 is 11.6 Å². The van der Waals surface area contributed by atoms with E-state index in [0.29, 0.717) is 13.2 Å². The van der Waals surface area contributed by atoms with Crippen LogP contribution in [0.4, 0.5) is 0 Å². The number of alkyl halides is 1. The molecule has 16 heavy (non-hydrogen) atoms. The van der Waals surface area contributed by atoms with E-state index in [9.17, 15) is 8.76 Å². The van der Waals surface area contributed by atoms with Crippen molar-refractivity contribution in [3.8, 4) is 0 Å². The van der Waals surface area contributed by atoms with Crippen LogP contribution in [0.1, 0.15) is 0 Å². The van der Waals surface area contributed by atoms with Gasteiger partial charge >= 0.3 is 0 Å². The molecule has 0 radical (unpaired) electrons. The molecule has 0 aromatic heterocycles. The number of nitrogens with zero attached hydrogens (tertiary/aromatic N) is 2. The van der Waals surface area contributed by atoms with Crippen molar-refractivity contribution in [1.82, 2.24) is 10.4 Å². The summed E-state index contributed by atoms with van der Waals surface area (Å²) in [6.07, 6.45) is 1.52. The molecule has 0 bridgehead atoms. The average Bonchev–Trinajstić information content (AvgIpc) is 2.57. The second-order valence-electron chi connectivity index (χ2n) is 3.19. The molecule has 2 aliphatic heterocycles. The molecule has 90 valence electrons. The largest absolute Gasteiger partial charge is 0.472 e. The molecule has 0 saturated heterocycles. The topological polar surface area (TPSA) is 83.4 Å². The van der Waals surface area contributed by atoms with Gasteiger partial charge in [0.15, 0.2) is 17.7 Å². The number of halogens is 1. The van der Waals surface area contributed by atoms with Gasteiger partial charge in [-0.2, -0.15) is 5.43 Å². The Kier molecular flexibility index (Phi) is 3.06. The number of rotatable bonds is 2. The Labute approximate surface area is 99.3 Å². The fourth-order valence-corrected chi connectivity index (χ4v) is 2.17.